The van der Waals surface area contributed by atoms with Crippen molar-refractivity contribution in [1.82, 2.24) is 10.2 Å². The van der Waals surface area contributed by atoms with Gasteiger partial charge in [-0.1, -0.05) is 25.2 Å². The first-order valence-corrected chi connectivity index (χ1v) is 8.00. The highest BCUT2D eigenvalue weighted by molar-refractivity contribution is 7.13. The Labute approximate surface area is 133 Å². The van der Waals surface area contributed by atoms with Gasteiger partial charge in [0.15, 0.2) is 0 Å². The molecule has 116 valence electrons. The molecule has 0 radical (unpaired) electrons. The van der Waals surface area contributed by atoms with Gasteiger partial charge in [-0.2, -0.15) is 0 Å². The summed E-state index contributed by atoms with van der Waals surface area (Å²) >= 11 is 1.25. The molecule has 1 aromatic heterocycles. The van der Waals surface area contributed by atoms with E-state index < -0.39 is 0 Å². The van der Waals surface area contributed by atoms with Crippen molar-refractivity contribution >= 4 is 34.0 Å². The standard InChI is InChI=1S/C15H18N4O2S/c1-3-10(4-2)13(20)17-12-7-5-11(6-8-12)14(21)18-15-19-16-9-22-15/h5-10H,3-4H2,1-2H3,(H,17,20)(H,18,19,21). The van der Waals surface area contributed by atoms with E-state index in [4.69, 9.17) is 0 Å². The molecule has 2 N–H and O–H groups in total. The second-order valence-corrected chi connectivity index (χ2v) is 5.61. The van der Waals surface area contributed by atoms with Crippen LogP contribution in [0, 0.1) is 5.92 Å². The molecule has 0 saturated heterocycles. The van der Waals surface area contributed by atoms with Gasteiger partial charge in [-0.25, -0.2) is 0 Å². The number of carbonyl (C=O) groups excluding carboxylic acids is 2. The molecule has 0 fully saturated rings. The van der Waals surface area contributed by atoms with Crippen molar-refractivity contribution in [3.8, 4) is 0 Å². The highest BCUT2D eigenvalue weighted by Crippen LogP contribution is 2.16. The normalized spacial score (nSPS) is 10.5. The molecule has 2 aromatic rings. The fourth-order valence-corrected chi connectivity index (χ4v) is 2.45. The van der Waals surface area contributed by atoms with Crippen LogP contribution in [0.25, 0.3) is 0 Å². The van der Waals surface area contributed by atoms with E-state index in [9.17, 15) is 9.59 Å². The smallest absolute Gasteiger partial charge is 0.257 e. The number of carbonyl (C=O) groups is 2. The molecule has 0 spiro atoms. The molecule has 6 nitrogen and oxygen atoms in total. The Morgan fingerprint density at radius 3 is 2.36 bits per heavy atom. The Kier molecular flexibility index (Phi) is 5.60. The van der Waals surface area contributed by atoms with E-state index in [0.29, 0.717) is 16.4 Å². The Balaban J connectivity index is 1.98. The first kappa shape index (κ1) is 16.1. The average molecular weight is 318 g/mol. The molecule has 22 heavy (non-hydrogen) atoms. The Hall–Kier alpha value is -2.28. The lowest BCUT2D eigenvalue weighted by Gasteiger charge is -2.12. The van der Waals surface area contributed by atoms with E-state index in [1.165, 1.54) is 11.3 Å². The lowest BCUT2D eigenvalue weighted by atomic mass is 10.0. The molecule has 0 bridgehead atoms. The van der Waals surface area contributed by atoms with E-state index in [2.05, 4.69) is 20.8 Å². The van der Waals surface area contributed by atoms with Crippen molar-refractivity contribution in [1.29, 1.82) is 0 Å². The summed E-state index contributed by atoms with van der Waals surface area (Å²) in [7, 11) is 0. The van der Waals surface area contributed by atoms with Crippen LogP contribution in [-0.4, -0.2) is 22.0 Å². The molecular weight excluding hydrogens is 300 g/mol. The van der Waals surface area contributed by atoms with E-state index in [-0.39, 0.29) is 17.7 Å². The molecule has 0 saturated carbocycles. The summed E-state index contributed by atoms with van der Waals surface area (Å²) in [5.41, 5.74) is 2.73. The summed E-state index contributed by atoms with van der Waals surface area (Å²) in [6.45, 7) is 3.99. The largest absolute Gasteiger partial charge is 0.326 e. The molecular formula is C15H18N4O2S. The van der Waals surface area contributed by atoms with Crippen molar-refractivity contribution in [2.75, 3.05) is 10.6 Å². The summed E-state index contributed by atoms with van der Waals surface area (Å²) in [4.78, 5) is 24.0. The second-order valence-electron chi connectivity index (χ2n) is 4.78. The fourth-order valence-electron chi connectivity index (χ4n) is 2.01. The highest BCUT2D eigenvalue weighted by atomic mass is 32.1. The van der Waals surface area contributed by atoms with Gasteiger partial charge in [-0.3, -0.25) is 14.9 Å². The van der Waals surface area contributed by atoms with Crippen LogP contribution in [0.1, 0.15) is 37.0 Å². The number of benzene rings is 1. The van der Waals surface area contributed by atoms with E-state index in [1.54, 1.807) is 29.8 Å². The maximum absolute atomic E-state index is 12.0. The van der Waals surface area contributed by atoms with Crippen LogP contribution in [0.15, 0.2) is 29.8 Å². The van der Waals surface area contributed by atoms with Gasteiger partial charge in [0, 0.05) is 17.2 Å². The molecule has 0 aliphatic carbocycles. The number of hydrogen-bond acceptors (Lipinski definition) is 5. The number of anilines is 2. The minimum absolute atomic E-state index is 0.0102. The molecule has 7 heteroatoms. The number of amides is 2. The molecule has 1 aromatic carbocycles. The second kappa shape index (κ2) is 7.65. The lowest BCUT2D eigenvalue weighted by Crippen LogP contribution is -2.21. The average Bonchev–Trinajstić information content (AvgIpc) is 3.02. The molecule has 0 atom stereocenters. The number of aromatic nitrogens is 2. The zero-order valence-corrected chi connectivity index (χ0v) is 13.3. The molecule has 0 aliphatic heterocycles. The number of rotatable bonds is 6. The fraction of sp³-hybridized carbons (Fsp3) is 0.333. The monoisotopic (exact) mass is 318 g/mol. The van der Waals surface area contributed by atoms with Crippen LogP contribution in [0.2, 0.25) is 0 Å². The third kappa shape index (κ3) is 4.11. The lowest BCUT2D eigenvalue weighted by molar-refractivity contribution is -0.120. The first-order chi connectivity index (χ1) is 10.6. The molecule has 0 unspecified atom stereocenters. The quantitative estimate of drug-likeness (QED) is 0.857. The van der Waals surface area contributed by atoms with Crippen molar-refractivity contribution in [3.63, 3.8) is 0 Å². The van der Waals surface area contributed by atoms with Crippen LogP contribution < -0.4 is 10.6 Å². The predicted molar refractivity (Wildman–Crippen MR) is 87.0 cm³/mol. The first-order valence-electron chi connectivity index (χ1n) is 7.12. The van der Waals surface area contributed by atoms with Crippen LogP contribution in [0.3, 0.4) is 0 Å². The van der Waals surface area contributed by atoms with E-state index >= 15 is 0 Å². The Morgan fingerprint density at radius 2 is 1.82 bits per heavy atom. The summed E-state index contributed by atoms with van der Waals surface area (Å²) in [6.07, 6.45) is 1.62. The summed E-state index contributed by atoms with van der Waals surface area (Å²) < 4.78 is 0. The van der Waals surface area contributed by atoms with Gasteiger partial charge in [-0.15, -0.1) is 10.2 Å². The minimum atomic E-state index is -0.255. The number of nitrogens with one attached hydrogen (secondary N) is 2. The maximum atomic E-state index is 12.0. The maximum Gasteiger partial charge on any atom is 0.257 e. The SMILES string of the molecule is CCC(CC)C(=O)Nc1ccc(C(=O)Nc2nncs2)cc1. The zero-order valence-electron chi connectivity index (χ0n) is 12.5. The number of hydrogen-bond donors (Lipinski definition) is 2. The van der Waals surface area contributed by atoms with Crippen LogP contribution in [0.5, 0.6) is 0 Å². The Morgan fingerprint density at radius 1 is 1.14 bits per heavy atom. The summed E-state index contributed by atoms with van der Waals surface area (Å²) in [5, 5.41) is 13.4. The van der Waals surface area contributed by atoms with Crippen molar-refractivity contribution < 1.29 is 9.59 Å². The van der Waals surface area contributed by atoms with Crippen molar-refractivity contribution in [3.05, 3.63) is 35.3 Å². The van der Waals surface area contributed by atoms with Gasteiger partial charge in [0.05, 0.1) is 0 Å². The number of nitrogens with zero attached hydrogens (tertiary/aromatic N) is 2. The van der Waals surface area contributed by atoms with Crippen molar-refractivity contribution in [2.45, 2.75) is 26.7 Å². The third-order valence-corrected chi connectivity index (χ3v) is 3.96. The van der Waals surface area contributed by atoms with Crippen LogP contribution in [0.4, 0.5) is 10.8 Å². The summed E-state index contributed by atoms with van der Waals surface area (Å²) in [5.74, 6) is -0.231. The van der Waals surface area contributed by atoms with Gasteiger partial charge in [-0.05, 0) is 37.1 Å². The van der Waals surface area contributed by atoms with E-state index in [1.807, 2.05) is 13.8 Å². The minimum Gasteiger partial charge on any atom is -0.326 e. The van der Waals surface area contributed by atoms with Gasteiger partial charge >= 0.3 is 0 Å². The van der Waals surface area contributed by atoms with E-state index in [0.717, 1.165) is 12.8 Å². The highest BCUT2D eigenvalue weighted by Gasteiger charge is 2.14. The zero-order chi connectivity index (χ0) is 15.9. The van der Waals surface area contributed by atoms with Gasteiger partial charge < -0.3 is 5.32 Å². The predicted octanol–water partition coefficient (Wildman–Crippen LogP) is 3.17. The van der Waals surface area contributed by atoms with Crippen LogP contribution in [-0.2, 0) is 4.79 Å². The summed E-state index contributed by atoms with van der Waals surface area (Å²) in [6, 6.07) is 6.77. The van der Waals surface area contributed by atoms with Crippen molar-refractivity contribution in [2.24, 2.45) is 5.92 Å². The third-order valence-electron chi connectivity index (χ3n) is 3.35. The molecule has 0 aliphatic rings. The molecule has 2 amide bonds. The van der Waals surface area contributed by atoms with Gasteiger partial charge in [0.2, 0.25) is 11.0 Å². The van der Waals surface area contributed by atoms with Gasteiger partial charge in [0.25, 0.3) is 5.91 Å². The Bertz CT molecular complexity index is 622. The topological polar surface area (TPSA) is 84.0 Å². The van der Waals surface area contributed by atoms with Gasteiger partial charge in [0.1, 0.15) is 5.51 Å². The molecule has 1 heterocycles. The molecule has 2 rings (SSSR count). The van der Waals surface area contributed by atoms with Crippen LogP contribution >= 0.6 is 11.3 Å².